The van der Waals surface area contributed by atoms with Gasteiger partial charge in [0, 0.05) is 30.5 Å². The first-order valence-corrected chi connectivity index (χ1v) is 10.6. The highest BCUT2D eigenvalue weighted by Crippen LogP contribution is 2.09. The molecule has 0 aliphatic carbocycles. The standard InChI is InChI=1S/C16H37N5O6S/c1-11(23)20-13(10-28-9-8-22)16(26)21-12(15(17)25)4-2-3-6-18-14(24)5-7-19-27/h8,11-16,18-21,23-27H,2-7,9-10,17H2,1H3/t11?,12?,13?,14-,15?,16?/m0/s1. The highest BCUT2D eigenvalue weighted by molar-refractivity contribution is 7.99. The van der Waals surface area contributed by atoms with E-state index in [0.29, 0.717) is 31.6 Å². The maximum absolute atomic E-state index is 10.5. The van der Waals surface area contributed by atoms with Gasteiger partial charge in [-0.2, -0.15) is 11.8 Å². The Balaban J connectivity index is 4.34. The fraction of sp³-hybridized carbons (Fsp3) is 0.938. The second-order valence-electron chi connectivity index (χ2n) is 6.52. The molecule has 11 N–H and O–H groups in total. The van der Waals surface area contributed by atoms with Crippen molar-refractivity contribution in [1.82, 2.24) is 21.4 Å². The van der Waals surface area contributed by atoms with E-state index in [-0.39, 0.29) is 12.3 Å². The number of hydrogen-bond acceptors (Lipinski definition) is 12. The van der Waals surface area contributed by atoms with Crippen molar-refractivity contribution in [2.75, 3.05) is 24.6 Å². The quantitative estimate of drug-likeness (QED) is 0.0442. The Morgan fingerprint density at radius 2 is 1.75 bits per heavy atom. The van der Waals surface area contributed by atoms with Crippen LogP contribution in [0.3, 0.4) is 0 Å². The van der Waals surface area contributed by atoms with Crippen LogP contribution >= 0.6 is 11.8 Å². The molecule has 0 fully saturated rings. The fourth-order valence-electron chi connectivity index (χ4n) is 2.53. The van der Waals surface area contributed by atoms with Crippen LogP contribution in [0.15, 0.2) is 0 Å². The van der Waals surface area contributed by atoms with Crippen molar-refractivity contribution in [1.29, 1.82) is 0 Å². The van der Waals surface area contributed by atoms with Gasteiger partial charge in [-0.25, -0.2) is 5.48 Å². The lowest BCUT2D eigenvalue weighted by molar-refractivity contribution is -0.105. The molecule has 168 valence electrons. The van der Waals surface area contributed by atoms with Crippen molar-refractivity contribution in [2.45, 2.75) is 69.6 Å². The summed E-state index contributed by atoms with van der Waals surface area (Å²) in [7, 11) is 0. The van der Waals surface area contributed by atoms with Crippen LogP contribution in [-0.4, -0.2) is 93.5 Å². The van der Waals surface area contributed by atoms with Crippen molar-refractivity contribution in [3.8, 4) is 0 Å². The summed E-state index contributed by atoms with van der Waals surface area (Å²) >= 11 is 1.31. The minimum atomic E-state index is -1.18. The number of carbonyl (C=O) groups excluding carboxylic acids is 1. The lowest BCUT2D eigenvalue weighted by Crippen LogP contribution is -2.58. The third-order valence-corrected chi connectivity index (χ3v) is 4.93. The maximum atomic E-state index is 10.5. The van der Waals surface area contributed by atoms with Gasteiger partial charge in [-0.3, -0.25) is 16.0 Å². The minimum Gasteiger partial charge on any atom is -0.379 e. The largest absolute Gasteiger partial charge is 0.379 e. The smallest absolute Gasteiger partial charge is 0.129 e. The summed E-state index contributed by atoms with van der Waals surface area (Å²) in [4.78, 5) is 10.5. The minimum absolute atomic E-state index is 0.279. The molecule has 28 heavy (non-hydrogen) atoms. The number of unbranched alkanes of at least 4 members (excludes halogenated alkanes) is 1. The summed E-state index contributed by atoms with van der Waals surface area (Å²) < 4.78 is 0. The number of hydroxylamine groups is 1. The summed E-state index contributed by atoms with van der Waals surface area (Å²) in [5.41, 5.74) is 7.57. The van der Waals surface area contributed by atoms with E-state index in [0.717, 1.165) is 12.7 Å². The van der Waals surface area contributed by atoms with Crippen LogP contribution in [0.4, 0.5) is 0 Å². The monoisotopic (exact) mass is 427 g/mol. The maximum Gasteiger partial charge on any atom is 0.129 e. The van der Waals surface area contributed by atoms with Gasteiger partial charge in [0.05, 0.1) is 6.04 Å². The molecule has 0 rings (SSSR count). The van der Waals surface area contributed by atoms with Crippen molar-refractivity contribution in [3.63, 3.8) is 0 Å². The predicted molar refractivity (Wildman–Crippen MR) is 107 cm³/mol. The Kier molecular flexibility index (Phi) is 17.2. The van der Waals surface area contributed by atoms with Crippen LogP contribution in [-0.2, 0) is 4.79 Å². The molecule has 0 bridgehead atoms. The Morgan fingerprint density at radius 1 is 1.04 bits per heavy atom. The van der Waals surface area contributed by atoms with Crippen molar-refractivity contribution in [2.24, 2.45) is 5.73 Å². The van der Waals surface area contributed by atoms with Crippen molar-refractivity contribution in [3.05, 3.63) is 0 Å². The topological polar surface area (TPSA) is 192 Å². The average molecular weight is 428 g/mol. The van der Waals surface area contributed by atoms with Gasteiger partial charge in [0.25, 0.3) is 0 Å². The summed E-state index contributed by atoms with van der Waals surface area (Å²) in [5, 5.41) is 56.4. The van der Waals surface area contributed by atoms with Crippen LogP contribution < -0.4 is 27.2 Å². The van der Waals surface area contributed by atoms with E-state index >= 15 is 0 Å². The van der Waals surface area contributed by atoms with Crippen LogP contribution in [0, 0.1) is 0 Å². The van der Waals surface area contributed by atoms with Crippen molar-refractivity contribution >= 4 is 18.0 Å². The van der Waals surface area contributed by atoms with Gasteiger partial charge in [0.15, 0.2) is 0 Å². The lowest BCUT2D eigenvalue weighted by Gasteiger charge is -2.31. The number of aliphatic hydroxyl groups is 4. The molecule has 0 amide bonds. The van der Waals surface area contributed by atoms with Crippen LogP contribution in [0.2, 0.25) is 0 Å². The number of carbonyl (C=O) groups is 1. The number of hydrogen-bond donors (Lipinski definition) is 10. The number of aliphatic hydroxyl groups excluding tert-OH is 4. The zero-order valence-corrected chi connectivity index (χ0v) is 17.1. The average Bonchev–Trinajstić information content (AvgIpc) is 2.63. The Bertz CT molecular complexity index is 383. The zero-order valence-electron chi connectivity index (χ0n) is 16.3. The Hall–Kier alpha value is -0.380. The molecule has 0 aromatic heterocycles. The molecular weight excluding hydrogens is 390 g/mol. The van der Waals surface area contributed by atoms with Gasteiger partial charge in [0.1, 0.15) is 31.2 Å². The molecule has 0 heterocycles. The predicted octanol–water partition coefficient (Wildman–Crippen LogP) is -2.78. The van der Waals surface area contributed by atoms with E-state index in [1.165, 1.54) is 18.7 Å². The summed E-state index contributed by atoms with van der Waals surface area (Å²) in [6.07, 6.45) is -0.796. The lowest BCUT2D eigenvalue weighted by atomic mass is 10.1. The second-order valence-corrected chi connectivity index (χ2v) is 7.60. The highest BCUT2D eigenvalue weighted by Gasteiger charge is 2.25. The zero-order chi connectivity index (χ0) is 21.4. The number of nitrogens with two attached hydrogens (primary N) is 1. The first kappa shape index (κ1) is 27.6. The van der Waals surface area contributed by atoms with E-state index in [4.69, 9.17) is 10.9 Å². The van der Waals surface area contributed by atoms with Gasteiger partial charge in [-0.1, -0.05) is 6.42 Å². The van der Waals surface area contributed by atoms with Gasteiger partial charge in [-0.05, 0) is 26.3 Å². The third kappa shape index (κ3) is 14.6. The first-order chi connectivity index (χ1) is 13.3. The van der Waals surface area contributed by atoms with Crippen LogP contribution in [0.25, 0.3) is 0 Å². The van der Waals surface area contributed by atoms with Gasteiger partial charge < -0.3 is 36.2 Å². The number of rotatable bonds is 19. The molecule has 0 aromatic rings. The molecule has 0 aliphatic heterocycles. The summed E-state index contributed by atoms with van der Waals surface area (Å²) in [6, 6.07) is -1.10. The Morgan fingerprint density at radius 3 is 2.32 bits per heavy atom. The van der Waals surface area contributed by atoms with Crippen LogP contribution in [0.5, 0.6) is 0 Å². The van der Waals surface area contributed by atoms with E-state index in [1.54, 1.807) is 0 Å². The van der Waals surface area contributed by atoms with Gasteiger partial charge >= 0.3 is 0 Å². The highest BCUT2D eigenvalue weighted by atomic mass is 32.2. The molecule has 5 unspecified atom stereocenters. The number of thioether (sulfide) groups is 1. The molecule has 0 radical (unpaired) electrons. The molecular formula is C16H37N5O6S. The van der Waals surface area contributed by atoms with Gasteiger partial charge in [-0.15, -0.1) is 0 Å². The first-order valence-electron chi connectivity index (χ1n) is 9.43. The van der Waals surface area contributed by atoms with Crippen molar-refractivity contribution < 1.29 is 30.4 Å². The van der Waals surface area contributed by atoms with E-state index in [2.05, 4.69) is 16.0 Å². The molecule has 0 aliphatic rings. The van der Waals surface area contributed by atoms with Crippen LogP contribution in [0.1, 0.15) is 32.6 Å². The second kappa shape index (κ2) is 17.5. The number of nitrogens with one attached hydrogen (secondary N) is 4. The van der Waals surface area contributed by atoms with Gasteiger partial charge in [0.2, 0.25) is 0 Å². The van der Waals surface area contributed by atoms with E-state index < -0.39 is 37.0 Å². The summed E-state index contributed by atoms with van der Waals surface area (Å²) in [6.45, 7) is 2.36. The summed E-state index contributed by atoms with van der Waals surface area (Å²) in [5.74, 6) is 0.663. The Labute approximate surface area is 170 Å². The normalized spacial score (nSPS) is 18.2. The molecule has 0 saturated heterocycles. The van der Waals surface area contributed by atoms with E-state index in [1.807, 2.05) is 5.48 Å². The molecule has 0 spiro atoms. The molecule has 12 heteroatoms. The number of aldehydes is 1. The fourth-order valence-corrected chi connectivity index (χ4v) is 3.30. The third-order valence-electron chi connectivity index (χ3n) is 3.97. The molecule has 0 saturated carbocycles. The molecule has 11 nitrogen and oxygen atoms in total. The SMILES string of the molecule is CC(O)NC(CSCC=O)C(O)NC(CCCCN[C@@H](O)CCNO)C(N)O. The molecule has 0 aromatic carbocycles. The molecule has 6 atom stereocenters. The van der Waals surface area contributed by atoms with E-state index in [9.17, 15) is 25.2 Å².